The number of hydrogen-bond donors (Lipinski definition) is 2. The molecule has 0 aromatic heterocycles. The highest BCUT2D eigenvalue weighted by Crippen LogP contribution is 2.26. The number of rotatable bonds is 4. The zero-order valence-electron chi connectivity index (χ0n) is 16.6. The van der Waals surface area contributed by atoms with Crippen LogP contribution in [0, 0.1) is 0 Å². The number of carbonyl (C=O) groups excluding carboxylic acids is 2. The Kier molecular flexibility index (Phi) is 6.45. The molecular formula is C21H28N4O2. The van der Waals surface area contributed by atoms with E-state index in [2.05, 4.69) is 33.0 Å². The highest BCUT2D eigenvalue weighted by molar-refractivity contribution is 6.04. The fourth-order valence-corrected chi connectivity index (χ4v) is 2.77. The molecule has 6 heteroatoms. The van der Waals surface area contributed by atoms with E-state index >= 15 is 0 Å². The van der Waals surface area contributed by atoms with Gasteiger partial charge in [0.25, 0.3) is 0 Å². The Morgan fingerprint density at radius 1 is 0.778 bits per heavy atom. The van der Waals surface area contributed by atoms with Crippen molar-refractivity contribution >= 4 is 23.4 Å². The van der Waals surface area contributed by atoms with Gasteiger partial charge < -0.3 is 11.1 Å². The average molecular weight is 368 g/mol. The standard InChI is InChI=1S/C21H28N4O2/c1-14(2)16-6-10-18(11-7-16)24(20(22)26)25(21(27)23-5)19-12-8-17(9-13-19)15(3)4/h6-15H,1-5H3,(H2,22,26)(H,23,27). The maximum Gasteiger partial charge on any atom is 0.341 e. The smallest absolute Gasteiger partial charge is 0.341 e. The Bertz CT molecular complexity index is 783. The molecule has 0 heterocycles. The Hall–Kier alpha value is -3.02. The van der Waals surface area contributed by atoms with Crippen LogP contribution >= 0.6 is 0 Å². The van der Waals surface area contributed by atoms with Crippen LogP contribution < -0.4 is 21.1 Å². The molecule has 0 fully saturated rings. The highest BCUT2D eigenvalue weighted by atomic mass is 16.2. The SMILES string of the molecule is CNC(=O)N(c1ccc(C(C)C)cc1)N(C(N)=O)c1ccc(C(C)C)cc1. The van der Waals surface area contributed by atoms with E-state index < -0.39 is 12.1 Å². The van der Waals surface area contributed by atoms with Crippen LogP contribution in [0.2, 0.25) is 0 Å². The molecule has 2 rings (SSSR count). The predicted molar refractivity (Wildman–Crippen MR) is 110 cm³/mol. The van der Waals surface area contributed by atoms with Gasteiger partial charge in [0.1, 0.15) is 0 Å². The number of nitrogens with zero attached hydrogens (tertiary/aromatic N) is 2. The van der Waals surface area contributed by atoms with Crippen LogP contribution in [-0.4, -0.2) is 19.1 Å². The Morgan fingerprint density at radius 2 is 1.15 bits per heavy atom. The van der Waals surface area contributed by atoms with Crippen molar-refractivity contribution in [3.05, 3.63) is 59.7 Å². The lowest BCUT2D eigenvalue weighted by Crippen LogP contribution is -2.55. The molecule has 0 radical (unpaired) electrons. The van der Waals surface area contributed by atoms with Crippen LogP contribution in [0.1, 0.15) is 50.7 Å². The maximum atomic E-state index is 12.6. The fraction of sp³-hybridized carbons (Fsp3) is 0.333. The maximum absolute atomic E-state index is 12.6. The topological polar surface area (TPSA) is 78.7 Å². The summed E-state index contributed by atoms with van der Waals surface area (Å²) in [6, 6.07) is 13.7. The number of urea groups is 2. The second-order valence-corrected chi connectivity index (χ2v) is 7.01. The molecule has 3 N–H and O–H groups in total. The van der Waals surface area contributed by atoms with E-state index in [0.29, 0.717) is 23.2 Å². The first-order valence-electron chi connectivity index (χ1n) is 9.07. The van der Waals surface area contributed by atoms with Gasteiger partial charge in [-0.25, -0.2) is 9.59 Å². The van der Waals surface area contributed by atoms with Crippen molar-refractivity contribution in [2.24, 2.45) is 5.73 Å². The lowest BCUT2D eigenvalue weighted by Gasteiger charge is -2.33. The van der Waals surface area contributed by atoms with Crippen LogP contribution in [-0.2, 0) is 0 Å². The van der Waals surface area contributed by atoms with Crippen molar-refractivity contribution in [1.29, 1.82) is 0 Å². The van der Waals surface area contributed by atoms with Crippen molar-refractivity contribution in [3.8, 4) is 0 Å². The number of primary amides is 1. The second kappa shape index (κ2) is 8.58. The zero-order chi connectivity index (χ0) is 20.1. The van der Waals surface area contributed by atoms with Gasteiger partial charge in [0.2, 0.25) is 0 Å². The van der Waals surface area contributed by atoms with Gasteiger partial charge in [-0.1, -0.05) is 52.0 Å². The summed E-state index contributed by atoms with van der Waals surface area (Å²) in [5.74, 6) is 0.725. The largest absolute Gasteiger partial charge is 0.350 e. The summed E-state index contributed by atoms with van der Waals surface area (Å²) in [7, 11) is 1.51. The number of hydrogen-bond acceptors (Lipinski definition) is 2. The van der Waals surface area contributed by atoms with Crippen LogP contribution in [0.5, 0.6) is 0 Å². The molecule has 6 nitrogen and oxygen atoms in total. The van der Waals surface area contributed by atoms with Crippen LogP contribution in [0.25, 0.3) is 0 Å². The Morgan fingerprint density at radius 3 is 1.44 bits per heavy atom. The van der Waals surface area contributed by atoms with E-state index in [1.54, 1.807) is 12.1 Å². The molecule has 27 heavy (non-hydrogen) atoms. The first-order chi connectivity index (χ1) is 12.8. The van der Waals surface area contributed by atoms with Gasteiger partial charge >= 0.3 is 12.1 Å². The number of amides is 4. The number of carbonyl (C=O) groups is 2. The summed E-state index contributed by atoms with van der Waals surface area (Å²) in [6.45, 7) is 8.37. The van der Waals surface area contributed by atoms with Gasteiger partial charge in [-0.2, -0.15) is 10.0 Å². The molecule has 0 unspecified atom stereocenters. The Balaban J connectivity index is 2.50. The monoisotopic (exact) mass is 368 g/mol. The van der Waals surface area contributed by atoms with E-state index in [4.69, 9.17) is 5.73 Å². The summed E-state index contributed by atoms with van der Waals surface area (Å²) in [4.78, 5) is 24.8. The molecule has 0 aliphatic carbocycles. The molecule has 0 aliphatic rings. The van der Waals surface area contributed by atoms with Gasteiger partial charge in [-0.3, -0.25) is 0 Å². The number of hydrazine groups is 1. The molecule has 0 aliphatic heterocycles. The molecular weight excluding hydrogens is 340 g/mol. The summed E-state index contributed by atoms with van der Waals surface area (Å²) in [6.07, 6.45) is 0. The molecule has 144 valence electrons. The van der Waals surface area contributed by atoms with Crippen molar-refractivity contribution < 1.29 is 9.59 Å². The molecule has 0 atom stereocenters. The van der Waals surface area contributed by atoms with Gasteiger partial charge in [-0.15, -0.1) is 0 Å². The molecule has 0 spiro atoms. The highest BCUT2D eigenvalue weighted by Gasteiger charge is 2.27. The van der Waals surface area contributed by atoms with Crippen molar-refractivity contribution in [2.45, 2.75) is 39.5 Å². The predicted octanol–water partition coefficient (Wildman–Crippen LogP) is 4.58. The minimum atomic E-state index is -0.746. The first kappa shape index (κ1) is 20.3. The van der Waals surface area contributed by atoms with Crippen molar-refractivity contribution in [2.75, 3.05) is 17.1 Å². The van der Waals surface area contributed by atoms with Crippen molar-refractivity contribution in [3.63, 3.8) is 0 Å². The summed E-state index contributed by atoms with van der Waals surface area (Å²) < 4.78 is 0. The van der Waals surface area contributed by atoms with E-state index in [9.17, 15) is 9.59 Å². The minimum absolute atomic E-state index is 0.361. The Labute approximate surface area is 160 Å². The van der Waals surface area contributed by atoms with Gasteiger partial charge in [-0.05, 0) is 47.2 Å². The number of anilines is 2. The van der Waals surface area contributed by atoms with Crippen LogP contribution in [0.3, 0.4) is 0 Å². The third-order valence-electron chi connectivity index (χ3n) is 4.42. The summed E-state index contributed by atoms with van der Waals surface area (Å²) in [5.41, 5.74) is 8.98. The van der Waals surface area contributed by atoms with E-state index in [1.165, 1.54) is 17.1 Å². The second-order valence-electron chi connectivity index (χ2n) is 7.01. The van der Waals surface area contributed by atoms with E-state index in [-0.39, 0.29) is 0 Å². The zero-order valence-corrected chi connectivity index (χ0v) is 16.6. The van der Waals surface area contributed by atoms with E-state index in [0.717, 1.165) is 11.1 Å². The van der Waals surface area contributed by atoms with Crippen LogP contribution in [0.4, 0.5) is 21.0 Å². The number of benzene rings is 2. The molecule has 4 amide bonds. The lowest BCUT2D eigenvalue weighted by atomic mass is 10.0. The third-order valence-corrected chi connectivity index (χ3v) is 4.42. The van der Waals surface area contributed by atoms with Crippen LogP contribution in [0.15, 0.2) is 48.5 Å². The summed E-state index contributed by atoms with van der Waals surface area (Å²) in [5, 5.41) is 4.99. The molecule has 2 aromatic rings. The van der Waals surface area contributed by atoms with Gasteiger partial charge in [0.15, 0.2) is 0 Å². The number of nitrogens with one attached hydrogen (secondary N) is 1. The minimum Gasteiger partial charge on any atom is -0.350 e. The van der Waals surface area contributed by atoms with Gasteiger partial charge in [0, 0.05) is 7.05 Å². The van der Waals surface area contributed by atoms with Gasteiger partial charge in [0.05, 0.1) is 11.4 Å². The summed E-state index contributed by atoms with van der Waals surface area (Å²) >= 11 is 0. The number of nitrogens with two attached hydrogens (primary N) is 1. The average Bonchev–Trinajstić information content (AvgIpc) is 2.65. The van der Waals surface area contributed by atoms with Crippen molar-refractivity contribution in [1.82, 2.24) is 5.32 Å². The molecule has 0 bridgehead atoms. The molecule has 0 saturated carbocycles. The fourth-order valence-electron chi connectivity index (χ4n) is 2.77. The molecule has 0 saturated heterocycles. The molecule has 2 aromatic carbocycles. The lowest BCUT2D eigenvalue weighted by molar-refractivity contribution is 0.241. The van der Waals surface area contributed by atoms with E-state index in [1.807, 2.05) is 36.4 Å². The first-order valence-corrected chi connectivity index (χ1v) is 9.07. The third kappa shape index (κ3) is 4.58. The normalized spacial score (nSPS) is 10.8. The quantitative estimate of drug-likeness (QED) is 0.775.